The van der Waals surface area contributed by atoms with E-state index in [0.29, 0.717) is 52.0 Å². The van der Waals surface area contributed by atoms with Crippen LogP contribution < -0.4 is 27.0 Å². The average Bonchev–Trinajstić information content (AvgIpc) is 3.85. The van der Waals surface area contributed by atoms with Crippen LogP contribution in [-0.2, 0) is 9.47 Å². The van der Waals surface area contributed by atoms with Crippen molar-refractivity contribution in [3.05, 3.63) is 104 Å². The quantitative estimate of drug-likeness (QED) is 0.116. The summed E-state index contributed by atoms with van der Waals surface area (Å²) in [4.78, 5) is 54.7. The molecule has 12 nitrogen and oxygen atoms in total. The summed E-state index contributed by atoms with van der Waals surface area (Å²) in [7, 11) is 0. The number of rotatable bonds is 7. The molecule has 0 saturated heterocycles. The number of carbonyl (C=O) groups is 4. The number of ether oxygens (including phenoxy) is 2. The van der Waals surface area contributed by atoms with Gasteiger partial charge in [-0.05, 0) is 121 Å². The maximum atomic E-state index is 12.9. The smallest absolute Gasteiger partial charge is 0.412 e. The number of amides is 4. The third-order valence-corrected chi connectivity index (χ3v) is 10.6. The Morgan fingerprint density at radius 1 is 0.679 bits per heavy atom. The molecule has 2 aromatic carbocycles. The fraction of sp³-hybridized carbons (Fsp3) is 0.333. The topological polar surface area (TPSA) is 164 Å². The zero-order valence-corrected chi connectivity index (χ0v) is 34.2. The summed E-state index contributed by atoms with van der Waals surface area (Å²) in [5.74, 6) is -0.384. The first-order valence-electron chi connectivity index (χ1n) is 18.4. The highest BCUT2D eigenvalue weighted by molar-refractivity contribution is 7.15. The molecular formula is C42H50N6O6S2. The van der Waals surface area contributed by atoms with Gasteiger partial charge in [-0.2, -0.15) is 0 Å². The predicted octanol–water partition coefficient (Wildman–Crippen LogP) is 9.33. The Balaban J connectivity index is 0.000000242. The molecule has 2 aliphatic rings. The van der Waals surface area contributed by atoms with Crippen molar-refractivity contribution in [2.24, 2.45) is 0 Å². The fourth-order valence-electron chi connectivity index (χ4n) is 5.59. The van der Waals surface area contributed by atoms with Gasteiger partial charge < -0.3 is 36.1 Å². The number of nitrogen functional groups attached to an aromatic ring is 1. The Bertz CT molecular complexity index is 2110. The van der Waals surface area contributed by atoms with Gasteiger partial charge in [0.15, 0.2) is 0 Å². The molecule has 2 aromatic heterocycles. The zero-order valence-electron chi connectivity index (χ0n) is 32.6. The van der Waals surface area contributed by atoms with Gasteiger partial charge in [0.05, 0.1) is 32.5 Å². The SMILES string of the molecule is CC(C)(C)OC(=O)Nc1ccccc1NC(=O)c1ccc(C2=CCN(C(=O)OC(C)(C)C)CC2)s1.Nc1ccccc1NC(=O)c1ccc(C2=CCNCC2)s1. The maximum absolute atomic E-state index is 12.9. The van der Waals surface area contributed by atoms with E-state index in [9.17, 15) is 19.2 Å². The van der Waals surface area contributed by atoms with Gasteiger partial charge in [0.2, 0.25) is 0 Å². The van der Waals surface area contributed by atoms with Gasteiger partial charge >= 0.3 is 12.2 Å². The second-order valence-electron chi connectivity index (χ2n) is 15.1. The molecule has 0 atom stereocenters. The summed E-state index contributed by atoms with van der Waals surface area (Å²) >= 11 is 2.91. The lowest BCUT2D eigenvalue weighted by Gasteiger charge is -2.29. The van der Waals surface area contributed by atoms with Gasteiger partial charge in [0.1, 0.15) is 11.2 Å². The summed E-state index contributed by atoms with van der Waals surface area (Å²) in [6.07, 6.45) is 4.96. The lowest BCUT2D eigenvalue weighted by molar-refractivity contribution is 0.0270. The van der Waals surface area contributed by atoms with Crippen molar-refractivity contribution in [2.45, 2.75) is 65.6 Å². The summed E-state index contributed by atoms with van der Waals surface area (Å²) < 4.78 is 10.7. The van der Waals surface area contributed by atoms with Crippen LogP contribution in [0.25, 0.3) is 11.1 Å². The number of carbonyl (C=O) groups excluding carboxylic acids is 4. The molecule has 6 N–H and O–H groups in total. The number of nitrogens with one attached hydrogen (secondary N) is 4. The summed E-state index contributed by atoms with van der Waals surface area (Å²) in [6.45, 7) is 13.8. The van der Waals surface area contributed by atoms with E-state index in [1.165, 1.54) is 33.1 Å². The third-order valence-electron chi connectivity index (χ3n) is 8.24. The Labute approximate surface area is 336 Å². The molecule has 0 saturated carbocycles. The molecule has 4 aromatic rings. The van der Waals surface area contributed by atoms with Crippen molar-refractivity contribution >= 4 is 80.6 Å². The monoisotopic (exact) mass is 798 g/mol. The van der Waals surface area contributed by atoms with E-state index in [2.05, 4.69) is 27.3 Å². The molecule has 0 spiro atoms. The number of para-hydroxylation sites is 4. The molecule has 0 bridgehead atoms. The third kappa shape index (κ3) is 12.3. The fourth-order valence-corrected chi connectivity index (χ4v) is 7.53. The molecule has 14 heteroatoms. The van der Waals surface area contributed by atoms with Crippen LogP contribution in [0.5, 0.6) is 0 Å². The standard InChI is InChI=1S/C26H33N3O5S.C16H17N3OS/c1-25(2,3)33-23(31)28-19-10-8-7-9-18(19)27-22(30)21-12-11-20(35-21)17-13-15-29(16-14-17)24(32)34-26(4,5)6;17-12-3-1-2-4-13(12)19-16(20)15-6-5-14(21-15)11-7-9-18-10-8-11/h7-13H,14-16H2,1-6H3,(H,27,30)(H,28,31);1-7,18H,8-10,17H2,(H,19,20). The number of hydrogen-bond donors (Lipinski definition) is 5. The summed E-state index contributed by atoms with van der Waals surface area (Å²) in [5, 5.41) is 11.7. The van der Waals surface area contributed by atoms with E-state index in [0.717, 1.165) is 30.0 Å². The molecule has 2 aliphatic heterocycles. The van der Waals surface area contributed by atoms with Crippen molar-refractivity contribution in [3.8, 4) is 0 Å². The minimum atomic E-state index is -0.632. The van der Waals surface area contributed by atoms with Crippen LogP contribution >= 0.6 is 22.7 Å². The molecule has 4 heterocycles. The van der Waals surface area contributed by atoms with Gasteiger partial charge in [-0.1, -0.05) is 36.4 Å². The Kier molecular flexibility index (Phi) is 13.8. The second-order valence-corrected chi connectivity index (χ2v) is 17.3. The van der Waals surface area contributed by atoms with E-state index < -0.39 is 17.3 Å². The molecule has 0 radical (unpaired) electrons. The molecule has 0 aliphatic carbocycles. The van der Waals surface area contributed by atoms with Crippen LogP contribution in [0, 0.1) is 0 Å². The summed E-state index contributed by atoms with van der Waals surface area (Å²) in [6, 6.07) is 21.8. The van der Waals surface area contributed by atoms with E-state index in [1.807, 2.05) is 57.2 Å². The molecule has 0 unspecified atom stereocenters. The largest absolute Gasteiger partial charge is 0.444 e. The number of nitrogens with zero attached hydrogens (tertiary/aromatic N) is 1. The van der Waals surface area contributed by atoms with Crippen molar-refractivity contribution < 1.29 is 28.7 Å². The molecule has 296 valence electrons. The highest BCUT2D eigenvalue weighted by Gasteiger charge is 2.25. The van der Waals surface area contributed by atoms with Crippen molar-refractivity contribution in [2.75, 3.05) is 47.9 Å². The van der Waals surface area contributed by atoms with Crippen LogP contribution in [0.15, 0.2) is 84.9 Å². The minimum Gasteiger partial charge on any atom is -0.444 e. The lowest BCUT2D eigenvalue weighted by Crippen LogP contribution is -2.39. The van der Waals surface area contributed by atoms with E-state index in [4.69, 9.17) is 15.2 Å². The first-order chi connectivity index (χ1) is 26.5. The van der Waals surface area contributed by atoms with Gasteiger partial charge in [-0.15, -0.1) is 22.7 Å². The molecular weight excluding hydrogens is 749 g/mol. The average molecular weight is 799 g/mol. The van der Waals surface area contributed by atoms with Crippen LogP contribution in [0.2, 0.25) is 0 Å². The van der Waals surface area contributed by atoms with Crippen molar-refractivity contribution in [1.82, 2.24) is 10.2 Å². The number of hydrogen-bond acceptors (Lipinski definition) is 10. The van der Waals surface area contributed by atoms with E-state index in [-0.39, 0.29) is 17.9 Å². The van der Waals surface area contributed by atoms with Crippen LogP contribution in [0.4, 0.5) is 32.3 Å². The van der Waals surface area contributed by atoms with Crippen LogP contribution in [0.3, 0.4) is 0 Å². The van der Waals surface area contributed by atoms with Crippen molar-refractivity contribution in [3.63, 3.8) is 0 Å². The number of anilines is 4. The molecule has 0 fully saturated rings. The first kappa shape index (κ1) is 41.7. The highest BCUT2D eigenvalue weighted by Crippen LogP contribution is 2.31. The Morgan fingerprint density at radius 3 is 1.73 bits per heavy atom. The van der Waals surface area contributed by atoms with Crippen LogP contribution in [0.1, 0.15) is 83.5 Å². The second kappa shape index (κ2) is 18.5. The number of thiophene rings is 2. The zero-order chi connectivity index (χ0) is 40.5. The summed E-state index contributed by atoms with van der Waals surface area (Å²) in [5.41, 5.74) is 9.24. The van der Waals surface area contributed by atoms with E-state index >= 15 is 0 Å². The van der Waals surface area contributed by atoms with Crippen LogP contribution in [-0.4, -0.2) is 66.3 Å². The molecule has 6 rings (SSSR count). The van der Waals surface area contributed by atoms with Crippen molar-refractivity contribution in [1.29, 1.82) is 0 Å². The van der Waals surface area contributed by atoms with E-state index in [1.54, 1.807) is 68.1 Å². The number of benzene rings is 2. The van der Waals surface area contributed by atoms with Gasteiger partial charge in [-0.25, -0.2) is 9.59 Å². The Hall–Kier alpha value is -5.44. The normalized spacial score (nSPS) is 14.3. The van der Waals surface area contributed by atoms with Gasteiger partial charge in [0, 0.05) is 29.4 Å². The first-order valence-corrected chi connectivity index (χ1v) is 20.0. The molecule has 56 heavy (non-hydrogen) atoms. The predicted molar refractivity (Wildman–Crippen MR) is 228 cm³/mol. The highest BCUT2D eigenvalue weighted by atomic mass is 32.1. The Morgan fingerprint density at radius 2 is 1.21 bits per heavy atom. The van der Waals surface area contributed by atoms with Gasteiger partial charge in [-0.3, -0.25) is 14.9 Å². The molecule has 4 amide bonds. The maximum Gasteiger partial charge on any atom is 0.412 e. The number of nitrogens with two attached hydrogens (primary N) is 1. The van der Waals surface area contributed by atoms with Gasteiger partial charge in [0.25, 0.3) is 11.8 Å². The minimum absolute atomic E-state index is 0.112. The lowest BCUT2D eigenvalue weighted by atomic mass is 10.1.